The average Bonchev–Trinajstić information content (AvgIpc) is 3.13. The third-order valence-corrected chi connectivity index (χ3v) is 5.95. The van der Waals surface area contributed by atoms with E-state index >= 15 is 0 Å². The molecule has 4 heteroatoms. The molecule has 5 rings (SSSR count). The van der Waals surface area contributed by atoms with E-state index in [2.05, 4.69) is 69.0 Å². The third-order valence-electron chi connectivity index (χ3n) is 5.70. The van der Waals surface area contributed by atoms with Gasteiger partial charge in [-0.2, -0.15) is 0 Å². The zero-order chi connectivity index (χ0) is 18.9. The van der Waals surface area contributed by atoms with Crippen molar-refractivity contribution in [2.45, 2.75) is 32.1 Å². The molecule has 0 unspecified atom stereocenters. The number of imidazole rings is 1. The number of rotatable bonds is 4. The fourth-order valence-electron chi connectivity index (χ4n) is 4.21. The number of halogens is 1. The number of aromatic nitrogens is 2. The molecule has 0 saturated heterocycles. The molecule has 1 aromatic heterocycles. The van der Waals surface area contributed by atoms with Gasteiger partial charge in [0.25, 0.3) is 0 Å². The summed E-state index contributed by atoms with van der Waals surface area (Å²) in [6.45, 7) is 2.82. The van der Waals surface area contributed by atoms with Crippen LogP contribution in [0.25, 0.3) is 11.0 Å². The van der Waals surface area contributed by atoms with Gasteiger partial charge in [-0.25, -0.2) is 4.98 Å². The van der Waals surface area contributed by atoms with Gasteiger partial charge in [0.05, 0.1) is 17.4 Å². The molecule has 0 saturated carbocycles. The van der Waals surface area contributed by atoms with E-state index < -0.39 is 0 Å². The normalized spacial score (nSPS) is 17.0. The van der Waals surface area contributed by atoms with Gasteiger partial charge in [0.15, 0.2) is 0 Å². The van der Waals surface area contributed by atoms with Gasteiger partial charge in [-0.05, 0) is 47.4 Å². The molecule has 1 aliphatic rings. The summed E-state index contributed by atoms with van der Waals surface area (Å²) in [4.78, 5) is 7.16. The van der Waals surface area contributed by atoms with Gasteiger partial charge in [-0.3, -0.25) is 4.90 Å². The van der Waals surface area contributed by atoms with Crippen molar-refractivity contribution in [3.05, 3.63) is 101 Å². The molecule has 0 bridgehead atoms. The topological polar surface area (TPSA) is 21.1 Å². The second-order valence-electron chi connectivity index (χ2n) is 7.54. The number of hydrogen-bond acceptors (Lipinski definition) is 2. The molecular formula is C24H22ClN3. The highest BCUT2D eigenvalue weighted by atomic mass is 35.5. The van der Waals surface area contributed by atoms with Crippen LogP contribution in [0, 0.1) is 0 Å². The van der Waals surface area contributed by atoms with Crippen LogP contribution in [0.2, 0.25) is 5.02 Å². The maximum atomic E-state index is 6.08. The smallest absolute Gasteiger partial charge is 0.0958 e. The van der Waals surface area contributed by atoms with Gasteiger partial charge >= 0.3 is 0 Å². The molecule has 3 aromatic carbocycles. The number of hydrogen-bond donors (Lipinski definition) is 0. The zero-order valence-electron chi connectivity index (χ0n) is 15.6. The number of nitrogens with zero attached hydrogens (tertiary/aromatic N) is 3. The first-order valence-corrected chi connectivity index (χ1v) is 10.1. The highest BCUT2D eigenvalue weighted by Gasteiger charge is 2.26. The Balaban J connectivity index is 1.46. The number of fused-ring (bicyclic) bond motifs is 2. The van der Waals surface area contributed by atoms with Crippen molar-refractivity contribution in [3.8, 4) is 0 Å². The lowest BCUT2D eigenvalue weighted by molar-refractivity contribution is 0.147. The van der Waals surface area contributed by atoms with Crippen LogP contribution in [0.3, 0.4) is 0 Å². The van der Waals surface area contributed by atoms with Crippen LogP contribution < -0.4 is 0 Å². The van der Waals surface area contributed by atoms with Crippen molar-refractivity contribution in [2.75, 3.05) is 0 Å². The first-order valence-electron chi connectivity index (χ1n) is 9.71. The Hall–Kier alpha value is -2.62. The predicted octanol–water partition coefficient (Wildman–Crippen LogP) is 5.32. The van der Waals surface area contributed by atoms with Crippen LogP contribution in [0.15, 0.2) is 79.1 Å². The monoisotopic (exact) mass is 387 g/mol. The van der Waals surface area contributed by atoms with Crippen molar-refractivity contribution in [1.82, 2.24) is 14.5 Å². The lowest BCUT2D eigenvalue weighted by Gasteiger charge is -2.37. The molecule has 0 N–H and O–H groups in total. The molecule has 0 radical (unpaired) electrons. The molecule has 4 aromatic rings. The van der Waals surface area contributed by atoms with Crippen molar-refractivity contribution in [2.24, 2.45) is 0 Å². The second kappa shape index (κ2) is 7.42. The van der Waals surface area contributed by atoms with Crippen molar-refractivity contribution in [3.63, 3.8) is 0 Å². The summed E-state index contributed by atoms with van der Waals surface area (Å²) < 4.78 is 2.29. The molecule has 0 spiro atoms. The molecular weight excluding hydrogens is 366 g/mol. The predicted molar refractivity (Wildman–Crippen MR) is 114 cm³/mol. The molecule has 1 atom stereocenters. The standard InChI is InChI=1S/C24H22ClN3/c25-21-11-9-18(10-12-21)14-27-15-20-6-2-1-5-19(20)13-22(27)16-28-17-26-23-7-3-4-8-24(23)28/h1-12,17,22H,13-16H2/t22-/m0/s1. The number of para-hydroxylation sites is 2. The molecule has 3 nitrogen and oxygen atoms in total. The fraction of sp³-hybridized carbons (Fsp3) is 0.208. The maximum absolute atomic E-state index is 6.08. The van der Waals surface area contributed by atoms with Crippen LogP contribution in [0.1, 0.15) is 16.7 Å². The van der Waals surface area contributed by atoms with Gasteiger partial charge in [-0.1, -0.05) is 60.1 Å². The second-order valence-corrected chi connectivity index (χ2v) is 7.98. The fourth-order valence-corrected chi connectivity index (χ4v) is 4.34. The minimum Gasteiger partial charge on any atom is -0.329 e. The summed E-state index contributed by atoms with van der Waals surface area (Å²) >= 11 is 6.08. The van der Waals surface area contributed by atoms with E-state index in [1.807, 2.05) is 24.5 Å². The first-order chi connectivity index (χ1) is 13.8. The number of benzene rings is 3. The molecule has 2 heterocycles. The minimum absolute atomic E-state index is 0.420. The molecule has 0 aliphatic carbocycles. The van der Waals surface area contributed by atoms with Crippen LogP contribution in [-0.2, 0) is 26.1 Å². The average molecular weight is 388 g/mol. The van der Waals surface area contributed by atoms with Crippen molar-refractivity contribution in [1.29, 1.82) is 0 Å². The van der Waals surface area contributed by atoms with E-state index in [0.29, 0.717) is 6.04 Å². The summed E-state index contributed by atoms with van der Waals surface area (Å²) in [6, 6.07) is 25.8. The Kier molecular flexibility index (Phi) is 4.63. The molecule has 1 aliphatic heterocycles. The van der Waals surface area contributed by atoms with E-state index in [4.69, 9.17) is 11.6 Å². The van der Waals surface area contributed by atoms with Gasteiger partial charge in [-0.15, -0.1) is 0 Å². The Morgan fingerprint density at radius 1 is 0.893 bits per heavy atom. The Labute approximate surface area is 170 Å². The minimum atomic E-state index is 0.420. The van der Waals surface area contributed by atoms with E-state index in [0.717, 1.165) is 36.6 Å². The third kappa shape index (κ3) is 3.44. The SMILES string of the molecule is Clc1ccc(CN2Cc3ccccc3C[C@H]2Cn2cnc3ccccc32)cc1. The Bertz CT molecular complexity index is 1100. The summed E-state index contributed by atoms with van der Waals surface area (Å²) in [5.41, 5.74) is 6.45. The van der Waals surface area contributed by atoms with Gasteiger partial charge in [0.2, 0.25) is 0 Å². The van der Waals surface area contributed by atoms with E-state index in [9.17, 15) is 0 Å². The zero-order valence-corrected chi connectivity index (χ0v) is 16.4. The maximum Gasteiger partial charge on any atom is 0.0958 e. The van der Waals surface area contributed by atoms with Crippen molar-refractivity contribution >= 4 is 22.6 Å². The largest absolute Gasteiger partial charge is 0.329 e. The molecule has 140 valence electrons. The highest BCUT2D eigenvalue weighted by Crippen LogP contribution is 2.27. The summed E-state index contributed by atoms with van der Waals surface area (Å²) in [6.07, 6.45) is 3.03. The Morgan fingerprint density at radius 2 is 1.64 bits per heavy atom. The molecule has 28 heavy (non-hydrogen) atoms. The first kappa shape index (κ1) is 17.5. The van der Waals surface area contributed by atoms with Crippen molar-refractivity contribution < 1.29 is 0 Å². The van der Waals surface area contributed by atoms with Crippen LogP contribution in [0.4, 0.5) is 0 Å². The van der Waals surface area contributed by atoms with Gasteiger partial charge in [0, 0.05) is 30.7 Å². The van der Waals surface area contributed by atoms with Crippen LogP contribution in [-0.4, -0.2) is 20.5 Å². The van der Waals surface area contributed by atoms with Gasteiger partial charge < -0.3 is 4.57 Å². The van der Waals surface area contributed by atoms with E-state index in [-0.39, 0.29) is 0 Å². The van der Waals surface area contributed by atoms with E-state index in [1.165, 1.54) is 22.2 Å². The highest BCUT2D eigenvalue weighted by molar-refractivity contribution is 6.30. The summed E-state index contributed by atoms with van der Waals surface area (Å²) in [5, 5.41) is 0.786. The summed E-state index contributed by atoms with van der Waals surface area (Å²) in [5.74, 6) is 0. The van der Waals surface area contributed by atoms with Gasteiger partial charge in [0.1, 0.15) is 0 Å². The lowest BCUT2D eigenvalue weighted by Crippen LogP contribution is -2.42. The summed E-state index contributed by atoms with van der Waals surface area (Å²) in [7, 11) is 0. The molecule has 0 amide bonds. The quantitative estimate of drug-likeness (QED) is 0.472. The lowest BCUT2D eigenvalue weighted by atomic mass is 9.93. The van der Waals surface area contributed by atoms with E-state index in [1.54, 1.807) is 0 Å². The Morgan fingerprint density at radius 3 is 2.50 bits per heavy atom. The van der Waals surface area contributed by atoms with Crippen LogP contribution >= 0.6 is 11.6 Å². The molecule has 0 fully saturated rings. The van der Waals surface area contributed by atoms with Crippen LogP contribution in [0.5, 0.6) is 0 Å².